The average Bonchev–Trinajstić information content (AvgIpc) is 2.83. The Bertz CT molecular complexity index is 1450. The molecule has 0 atom stereocenters. The van der Waals surface area contributed by atoms with E-state index in [9.17, 15) is 9.59 Å². The van der Waals surface area contributed by atoms with E-state index in [2.05, 4.69) is 17.1 Å². The number of nitrogens with zero attached hydrogens (tertiary/aromatic N) is 2. The van der Waals surface area contributed by atoms with Gasteiger partial charge in [-0.1, -0.05) is 24.3 Å². The summed E-state index contributed by atoms with van der Waals surface area (Å²) in [6.45, 7) is 1.26. The molecule has 0 aliphatic carbocycles. The maximum Gasteiger partial charge on any atom is 0.266 e. The molecule has 1 aliphatic rings. The number of aromatic nitrogens is 2. The van der Waals surface area contributed by atoms with E-state index in [0.29, 0.717) is 41.0 Å². The number of hydrogen-bond donors (Lipinski definition) is 1. The molecular weight excluding hydrogens is 422 g/mol. The zero-order chi connectivity index (χ0) is 22.2. The third-order valence-corrected chi connectivity index (χ3v) is 6.18. The van der Waals surface area contributed by atoms with E-state index < -0.39 is 0 Å². The number of H-pyrrole nitrogens is 1. The van der Waals surface area contributed by atoms with Gasteiger partial charge in [-0.2, -0.15) is 0 Å². The highest BCUT2D eigenvalue weighted by molar-refractivity contribution is 7.71. The predicted octanol–water partition coefficient (Wildman–Crippen LogP) is 4.26. The minimum Gasteiger partial charge on any atom is -0.497 e. The van der Waals surface area contributed by atoms with Crippen LogP contribution in [0.3, 0.4) is 0 Å². The summed E-state index contributed by atoms with van der Waals surface area (Å²) in [5, 5.41) is 0.468. The first-order valence-electron chi connectivity index (χ1n) is 10.3. The summed E-state index contributed by atoms with van der Waals surface area (Å²) >= 11 is 5.47. The Labute approximate surface area is 189 Å². The molecule has 1 amide bonds. The van der Waals surface area contributed by atoms with E-state index in [0.717, 1.165) is 6.42 Å². The summed E-state index contributed by atoms with van der Waals surface area (Å²) < 4.78 is 6.90. The number of methoxy groups -OCH3 is 1. The molecule has 0 radical (unpaired) electrons. The van der Waals surface area contributed by atoms with Crippen molar-refractivity contribution in [3.63, 3.8) is 0 Å². The monoisotopic (exact) mass is 443 g/mol. The number of rotatable bonds is 3. The van der Waals surface area contributed by atoms with Gasteiger partial charge in [-0.3, -0.25) is 14.2 Å². The van der Waals surface area contributed by atoms with Gasteiger partial charge >= 0.3 is 0 Å². The lowest BCUT2D eigenvalue weighted by Gasteiger charge is -2.29. The number of nitrogens with one attached hydrogen (secondary N) is 1. The molecule has 0 spiro atoms. The third kappa shape index (κ3) is 3.50. The Hall–Kier alpha value is -3.71. The number of ether oxygens (including phenoxy) is 1. The van der Waals surface area contributed by atoms with Gasteiger partial charge in [-0.15, -0.1) is 0 Å². The largest absolute Gasteiger partial charge is 0.497 e. The summed E-state index contributed by atoms with van der Waals surface area (Å²) in [6, 6.07) is 20.4. The van der Waals surface area contributed by atoms with Crippen molar-refractivity contribution >= 4 is 29.0 Å². The topological polar surface area (TPSA) is 67.3 Å². The fraction of sp³-hybridized carbons (Fsp3) is 0.160. The van der Waals surface area contributed by atoms with Crippen molar-refractivity contribution < 1.29 is 9.53 Å². The lowest BCUT2D eigenvalue weighted by molar-refractivity contribution is 0.0735. The van der Waals surface area contributed by atoms with Crippen LogP contribution in [-0.2, 0) is 13.0 Å². The van der Waals surface area contributed by atoms with Crippen molar-refractivity contribution in [2.45, 2.75) is 13.0 Å². The van der Waals surface area contributed by atoms with Crippen molar-refractivity contribution in [3.05, 3.63) is 98.5 Å². The molecule has 6 nitrogen and oxygen atoms in total. The summed E-state index contributed by atoms with van der Waals surface area (Å²) in [6.07, 6.45) is 0.838. The first-order chi connectivity index (χ1) is 15.5. The molecule has 0 saturated heterocycles. The van der Waals surface area contributed by atoms with E-state index >= 15 is 0 Å². The molecule has 3 aromatic carbocycles. The molecule has 0 unspecified atom stereocenters. The van der Waals surface area contributed by atoms with Crippen LogP contribution in [0.25, 0.3) is 16.6 Å². The lowest BCUT2D eigenvalue weighted by atomic mass is 9.99. The molecule has 5 rings (SSSR count). The normalized spacial score (nSPS) is 13.1. The summed E-state index contributed by atoms with van der Waals surface area (Å²) in [4.78, 5) is 31.3. The number of benzene rings is 3. The molecule has 7 heteroatoms. The van der Waals surface area contributed by atoms with Gasteiger partial charge in [-0.05, 0) is 72.2 Å². The van der Waals surface area contributed by atoms with Gasteiger partial charge in [0.05, 0.1) is 23.7 Å². The summed E-state index contributed by atoms with van der Waals surface area (Å²) in [5.41, 5.74) is 3.95. The summed E-state index contributed by atoms with van der Waals surface area (Å²) in [5.74, 6) is 0.640. The number of carbonyl (C=O) groups is 1. The highest BCUT2D eigenvalue weighted by Gasteiger charge is 2.22. The van der Waals surface area contributed by atoms with Gasteiger partial charge in [0.25, 0.3) is 11.5 Å². The summed E-state index contributed by atoms with van der Waals surface area (Å²) in [7, 11) is 1.59. The second kappa shape index (κ2) is 8.09. The predicted molar refractivity (Wildman–Crippen MR) is 126 cm³/mol. The Morgan fingerprint density at radius 3 is 2.53 bits per heavy atom. The molecule has 0 fully saturated rings. The number of aromatic amines is 1. The smallest absolute Gasteiger partial charge is 0.266 e. The van der Waals surface area contributed by atoms with Crippen molar-refractivity contribution in [2.24, 2.45) is 0 Å². The molecule has 2 heterocycles. The van der Waals surface area contributed by atoms with Crippen LogP contribution in [0.5, 0.6) is 5.75 Å². The zero-order valence-electron chi connectivity index (χ0n) is 17.5. The van der Waals surface area contributed by atoms with E-state index in [1.165, 1.54) is 15.7 Å². The van der Waals surface area contributed by atoms with Crippen LogP contribution in [0.1, 0.15) is 21.5 Å². The molecule has 0 saturated carbocycles. The molecule has 4 aromatic rings. The molecule has 160 valence electrons. The van der Waals surface area contributed by atoms with Gasteiger partial charge < -0.3 is 14.6 Å². The van der Waals surface area contributed by atoms with Crippen LogP contribution < -0.4 is 10.3 Å². The fourth-order valence-corrected chi connectivity index (χ4v) is 4.47. The maximum absolute atomic E-state index is 13.2. The Balaban J connectivity index is 1.50. The van der Waals surface area contributed by atoms with Gasteiger partial charge in [-0.25, -0.2) is 0 Å². The third-order valence-electron chi connectivity index (χ3n) is 5.89. The second-order valence-corrected chi connectivity index (χ2v) is 8.16. The number of amides is 1. The van der Waals surface area contributed by atoms with Crippen LogP contribution in [0.2, 0.25) is 0 Å². The van der Waals surface area contributed by atoms with E-state index in [4.69, 9.17) is 17.0 Å². The van der Waals surface area contributed by atoms with E-state index in [1.54, 1.807) is 49.6 Å². The van der Waals surface area contributed by atoms with Gasteiger partial charge in [0.1, 0.15) is 5.75 Å². The molecular formula is C25H21N3O3S. The van der Waals surface area contributed by atoms with Crippen LogP contribution in [0.15, 0.2) is 71.5 Å². The van der Waals surface area contributed by atoms with Gasteiger partial charge in [0.15, 0.2) is 4.77 Å². The van der Waals surface area contributed by atoms with Crippen LogP contribution in [0, 0.1) is 4.77 Å². The molecule has 32 heavy (non-hydrogen) atoms. The first-order valence-corrected chi connectivity index (χ1v) is 10.8. The standard InChI is InChI=1S/C25H21N3O3S/c1-31-20-9-7-19(8-10-20)28-24(30)21-11-6-17(14-22(21)26-25(28)32)23(29)27-13-12-16-4-2-3-5-18(16)15-27/h2-11,14H,12-13,15H2,1H3,(H,26,32). The molecule has 1 aromatic heterocycles. The Morgan fingerprint density at radius 2 is 1.78 bits per heavy atom. The molecule has 1 N–H and O–H groups in total. The zero-order valence-corrected chi connectivity index (χ0v) is 18.3. The van der Waals surface area contributed by atoms with Crippen molar-refractivity contribution in [3.8, 4) is 11.4 Å². The Kier molecular flexibility index (Phi) is 5.11. The fourth-order valence-electron chi connectivity index (χ4n) is 4.17. The van der Waals surface area contributed by atoms with Crippen molar-refractivity contribution in [1.29, 1.82) is 0 Å². The molecule has 1 aliphatic heterocycles. The van der Waals surface area contributed by atoms with Crippen molar-refractivity contribution in [1.82, 2.24) is 14.5 Å². The number of fused-ring (bicyclic) bond motifs is 2. The quantitative estimate of drug-likeness (QED) is 0.481. The Morgan fingerprint density at radius 1 is 1.03 bits per heavy atom. The molecule has 0 bridgehead atoms. The van der Waals surface area contributed by atoms with Crippen LogP contribution >= 0.6 is 12.2 Å². The first kappa shape index (κ1) is 20.2. The highest BCUT2D eigenvalue weighted by atomic mass is 32.1. The number of carbonyl (C=O) groups excluding carboxylic acids is 1. The van der Waals surface area contributed by atoms with Gasteiger partial charge in [0, 0.05) is 18.7 Å². The SMILES string of the molecule is COc1ccc(-n2c(=S)[nH]c3cc(C(=O)N4CCc5ccccc5C4)ccc3c2=O)cc1. The minimum atomic E-state index is -0.236. The highest BCUT2D eigenvalue weighted by Crippen LogP contribution is 2.22. The van der Waals surface area contributed by atoms with Crippen LogP contribution in [0.4, 0.5) is 0 Å². The second-order valence-electron chi connectivity index (χ2n) is 7.77. The minimum absolute atomic E-state index is 0.0555. The van der Waals surface area contributed by atoms with Gasteiger partial charge in [0.2, 0.25) is 0 Å². The average molecular weight is 444 g/mol. The van der Waals surface area contributed by atoms with E-state index in [1.807, 2.05) is 17.0 Å². The van der Waals surface area contributed by atoms with Crippen molar-refractivity contribution in [2.75, 3.05) is 13.7 Å². The number of hydrogen-bond acceptors (Lipinski definition) is 4. The maximum atomic E-state index is 13.2. The van der Waals surface area contributed by atoms with E-state index in [-0.39, 0.29) is 16.2 Å². The van der Waals surface area contributed by atoms with Crippen LogP contribution in [-0.4, -0.2) is 34.0 Å². The lowest BCUT2D eigenvalue weighted by Crippen LogP contribution is -2.36.